The Morgan fingerprint density at radius 2 is 1.89 bits per heavy atom. The van der Waals surface area contributed by atoms with Gasteiger partial charge in [0.05, 0.1) is 15.1 Å². The standard InChI is InChI=1S/C13H7F2NS2/c14-8-5-6-9(15)12(7-8)18-13-16-10-3-1-2-4-11(10)17-13/h1-7H. The summed E-state index contributed by atoms with van der Waals surface area (Å²) in [5.74, 6) is -0.874. The van der Waals surface area contributed by atoms with Crippen LogP contribution in [0.15, 0.2) is 51.7 Å². The second-order valence-electron chi connectivity index (χ2n) is 3.62. The average molecular weight is 279 g/mol. The fraction of sp³-hybridized carbons (Fsp3) is 0. The maximum Gasteiger partial charge on any atom is 0.156 e. The number of fused-ring (bicyclic) bond motifs is 1. The molecule has 18 heavy (non-hydrogen) atoms. The summed E-state index contributed by atoms with van der Waals surface area (Å²) in [4.78, 5) is 4.63. The minimum absolute atomic E-state index is 0.258. The van der Waals surface area contributed by atoms with Gasteiger partial charge in [-0.05, 0) is 30.3 Å². The zero-order valence-electron chi connectivity index (χ0n) is 9.06. The van der Waals surface area contributed by atoms with Crippen molar-refractivity contribution < 1.29 is 8.78 Å². The normalized spacial score (nSPS) is 11.0. The highest BCUT2D eigenvalue weighted by molar-refractivity contribution is 8.01. The molecule has 0 saturated carbocycles. The molecule has 0 aliphatic heterocycles. The second-order valence-corrected chi connectivity index (χ2v) is 5.94. The van der Waals surface area contributed by atoms with Gasteiger partial charge in [0.25, 0.3) is 0 Å². The van der Waals surface area contributed by atoms with E-state index in [0.29, 0.717) is 4.34 Å². The number of halogens is 2. The van der Waals surface area contributed by atoms with Crippen molar-refractivity contribution in [2.24, 2.45) is 0 Å². The van der Waals surface area contributed by atoms with Gasteiger partial charge in [-0.25, -0.2) is 13.8 Å². The molecule has 0 amide bonds. The maximum absolute atomic E-state index is 13.5. The highest BCUT2D eigenvalue weighted by Crippen LogP contribution is 2.35. The van der Waals surface area contributed by atoms with Crippen LogP contribution in [0.5, 0.6) is 0 Å². The van der Waals surface area contributed by atoms with E-state index in [0.717, 1.165) is 34.1 Å². The molecule has 3 aromatic rings. The maximum atomic E-state index is 13.5. The minimum Gasteiger partial charge on any atom is -0.229 e. The molecule has 0 bridgehead atoms. The predicted molar refractivity (Wildman–Crippen MR) is 70.1 cm³/mol. The molecule has 0 N–H and O–H groups in total. The van der Waals surface area contributed by atoms with E-state index in [-0.39, 0.29) is 4.90 Å². The number of thiazole rings is 1. The number of rotatable bonds is 2. The molecular weight excluding hydrogens is 272 g/mol. The predicted octanol–water partition coefficient (Wildman–Crippen LogP) is 4.73. The largest absolute Gasteiger partial charge is 0.229 e. The summed E-state index contributed by atoms with van der Waals surface area (Å²) in [6, 6.07) is 11.1. The van der Waals surface area contributed by atoms with Crippen LogP contribution in [0.3, 0.4) is 0 Å². The Kier molecular flexibility index (Phi) is 3.01. The zero-order valence-corrected chi connectivity index (χ0v) is 10.7. The molecule has 3 rings (SSSR count). The van der Waals surface area contributed by atoms with Crippen molar-refractivity contribution in [1.29, 1.82) is 0 Å². The smallest absolute Gasteiger partial charge is 0.156 e. The first-order valence-electron chi connectivity index (χ1n) is 5.21. The summed E-state index contributed by atoms with van der Waals surface area (Å²) < 4.78 is 28.3. The number of hydrogen-bond acceptors (Lipinski definition) is 3. The molecule has 0 radical (unpaired) electrons. The Morgan fingerprint density at radius 3 is 2.72 bits per heavy atom. The van der Waals surface area contributed by atoms with Crippen molar-refractivity contribution in [1.82, 2.24) is 4.98 Å². The molecule has 0 atom stereocenters. The number of aromatic nitrogens is 1. The molecule has 0 unspecified atom stereocenters. The summed E-state index contributed by atoms with van der Waals surface area (Å²) in [7, 11) is 0. The van der Waals surface area contributed by atoms with Crippen molar-refractivity contribution in [2.75, 3.05) is 0 Å². The van der Waals surface area contributed by atoms with E-state index in [1.54, 1.807) is 0 Å². The quantitative estimate of drug-likeness (QED) is 0.673. The molecule has 0 spiro atoms. The first kappa shape index (κ1) is 11.6. The van der Waals surface area contributed by atoms with Gasteiger partial charge in [0.1, 0.15) is 11.6 Å². The van der Waals surface area contributed by atoms with Gasteiger partial charge in [-0.1, -0.05) is 23.9 Å². The Balaban J connectivity index is 1.98. The molecular formula is C13H7F2NS2. The summed E-state index contributed by atoms with van der Waals surface area (Å²) in [6.45, 7) is 0. The van der Waals surface area contributed by atoms with Gasteiger partial charge < -0.3 is 0 Å². The summed E-state index contributed by atoms with van der Waals surface area (Å²) >= 11 is 2.62. The summed E-state index contributed by atoms with van der Waals surface area (Å²) in [5.41, 5.74) is 0.877. The average Bonchev–Trinajstić information content (AvgIpc) is 2.76. The highest BCUT2D eigenvalue weighted by atomic mass is 32.2. The SMILES string of the molecule is Fc1ccc(F)c(Sc2nc3ccccc3s2)c1. The van der Waals surface area contributed by atoms with Crippen LogP contribution in [0.25, 0.3) is 10.2 Å². The van der Waals surface area contributed by atoms with Crippen LogP contribution in [-0.2, 0) is 0 Å². The summed E-state index contributed by atoms with van der Waals surface area (Å²) in [5, 5.41) is 0. The third-order valence-corrected chi connectivity index (χ3v) is 4.49. The van der Waals surface area contributed by atoms with Crippen molar-refractivity contribution in [3.05, 3.63) is 54.1 Å². The molecule has 1 nitrogen and oxygen atoms in total. The molecule has 90 valence electrons. The van der Waals surface area contributed by atoms with Gasteiger partial charge in [0.2, 0.25) is 0 Å². The van der Waals surface area contributed by atoms with Crippen molar-refractivity contribution in [3.63, 3.8) is 0 Å². The lowest BCUT2D eigenvalue weighted by Gasteiger charge is -1.99. The Labute approximate surface area is 110 Å². The monoisotopic (exact) mass is 279 g/mol. The minimum atomic E-state index is -0.444. The van der Waals surface area contributed by atoms with Gasteiger partial charge >= 0.3 is 0 Å². The van der Waals surface area contributed by atoms with Gasteiger partial charge in [-0.2, -0.15) is 0 Å². The molecule has 0 fully saturated rings. The van der Waals surface area contributed by atoms with Crippen LogP contribution in [0, 0.1) is 11.6 Å². The third kappa shape index (κ3) is 2.23. The van der Waals surface area contributed by atoms with Crippen LogP contribution in [0.4, 0.5) is 8.78 Å². The molecule has 5 heteroatoms. The van der Waals surface area contributed by atoms with Crippen molar-refractivity contribution >= 4 is 33.3 Å². The second kappa shape index (κ2) is 4.66. The fourth-order valence-electron chi connectivity index (χ4n) is 1.54. The van der Waals surface area contributed by atoms with E-state index in [2.05, 4.69) is 4.98 Å². The van der Waals surface area contributed by atoms with Crippen LogP contribution >= 0.6 is 23.1 Å². The summed E-state index contributed by atoms with van der Waals surface area (Å²) in [6.07, 6.45) is 0. The molecule has 0 aliphatic rings. The molecule has 0 saturated heterocycles. The number of hydrogen-bond donors (Lipinski definition) is 0. The molecule has 0 aliphatic carbocycles. The number of benzene rings is 2. The Hall–Kier alpha value is -1.46. The van der Waals surface area contributed by atoms with E-state index in [9.17, 15) is 8.78 Å². The first-order chi connectivity index (χ1) is 8.72. The fourth-order valence-corrected chi connectivity index (χ4v) is 3.62. The van der Waals surface area contributed by atoms with Gasteiger partial charge in [-0.3, -0.25) is 0 Å². The van der Waals surface area contributed by atoms with Crippen LogP contribution in [-0.4, -0.2) is 4.98 Å². The van der Waals surface area contributed by atoms with E-state index >= 15 is 0 Å². The van der Waals surface area contributed by atoms with Gasteiger partial charge in [-0.15, -0.1) is 11.3 Å². The van der Waals surface area contributed by atoms with Crippen LogP contribution in [0.2, 0.25) is 0 Å². The Bertz CT molecular complexity index is 676. The van der Waals surface area contributed by atoms with E-state index in [4.69, 9.17) is 0 Å². The van der Waals surface area contributed by atoms with E-state index < -0.39 is 11.6 Å². The first-order valence-corrected chi connectivity index (χ1v) is 6.84. The number of para-hydroxylation sites is 1. The topological polar surface area (TPSA) is 12.9 Å². The number of nitrogens with zero attached hydrogens (tertiary/aromatic N) is 1. The Morgan fingerprint density at radius 1 is 1.06 bits per heavy atom. The molecule has 2 aromatic carbocycles. The lowest BCUT2D eigenvalue weighted by Crippen LogP contribution is -1.82. The highest BCUT2D eigenvalue weighted by Gasteiger charge is 2.09. The molecule has 1 aromatic heterocycles. The van der Waals surface area contributed by atoms with E-state index in [1.807, 2.05) is 24.3 Å². The van der Waals surface area contributed by atoms with Gasteiger partial charge in [0.15, 0.2) is 4.34 Å². The van der Waals surface area contributed by atoms with Crippen LogP contribution < -0.4 is 0 Å². The lowest BCUT2D eigenvalue weighted by atomic mass is 10.3. The van der Waals surface area contributed by atoms with Crippen molar-refractivity contribution in [2.45, 2.75) is 9.24 Å². The zero-order chi connectivity index (χ0) is 12.5. The molecule has 1 heterocycles. The third-order valence-electron chi connectivity index (χ3n) is 2.36. The van der Waals surface area contributed by atoms with Crippen LogP contribution in [0.1, 0.15) is 0 Å². The van der Waals surface area contributed by atoms with E-state index in [1.165, 1.54) is 17.4 Å². The van der Waals surface area contributed by atoms with Crippen molar-refractivity contribution in [3.8, 4) is 0 Å². The van der Waals surface area contributed by atoms with Gasteiger partial charge in [0, 0.05) is 0 Å². The lowest BCUT2D eigenvalue weighted by molar-refractivity contribution is 0.577.